The molecule has 5 nitrogen and oxygen atoms in total. The molecule has 3 rings (SSSR count). The first-order valence-corrected chi connectivity index (χ1v) is 8.93. The molecule has 0 fully saturated rings. The van der Waals surface area contributed by atoms with Crippen LogP contribution in [-0.4, -0.2) is 28.0 Å². The largest absolute Gasteiger partial charge is 0.496 e. The molecular weight excluding hydrogens is 338 g/mol. The molecule has 2 heterocycles. The summed E-state index contributed by atoms with van der Waals surface area (Å²) in [4.78, 5) is 0. The Labute approximate surface area is 159 Å². The maximum absolute atomic E-state index is 5.71. The lowest BCUT2D eigenvalue weighted by Crippen LogP contribution is -2.05. The van der Waals surface area contributed by atoms with Gasteiger partial charge in [-0.1, -0.05) is 0 Å². The molecule has 27 heavy (non-hydrogen) atoms. The number of nitrogens with zero attached hydrogens (tertiary/aromatic N) is 2. The van der Waals surface area contributed by atoms with E-state index >= 15 is 0 Å². The highest BCUT2D eigenvalue weighted by Crippen LogP contribution is 2.27. The Balaban J connectivity index is 1.72. The number of aromatic amines is 1. The smallest absolute Gasteiger partial charge is 0.129 e. The summed E-state index contributed by atoms with van der Waals surface area (Å²) in [6, 6.07) is 11.9. The van der Waals surface area contributed by atoms with E-state index in [-0.39, 0.29) is 6.10 Å². The van der Waals surface area contributed by atoms with Gasteiger partial charge in [-0.15, -0.1) is 0 Å². The summed E-state index contributed by atoms with van der Waals surface area (Å²) in [5.74, 6) is 1.57. The Morgan fingerprint density at radius 3 is 2.63 bits per heavy atom. The maximum Gasteiger partial charge on any atom is 0.129 e. The van der Waals surface area contributed by atoms with Crippen LogP contribution in [-0.2, 0) is 7.05 Å². The topological polar surface area (TPSA) is 52.1 Å². The SMILES string of the molecule is COc1cc(OC(C)C)ccc1/C=C/c1cc(/C=C/c2cccn2C)[nH]n1. The Morgan fingerprint density at radius 2 is 1.93 bits per heavy atom. The van der Waals surface area contributed by atoms with Crippen LogP contribution in [0.25, 0.3) is 24.3 Å². The first kappa shape index (κ1) is 18.6. The molecule has 0 atom stereocenters. The van der Waals surface area contributed by atoms with Gasteiger partial charge in [0, 0.05) is 30.6 Å². The normalized spacial score (nSPS) is 11.7. The van der Waals surface area contributed by atoms with Crippen molar-refractivity contribution in [3.8, 4) is 11.5 Å². The van der Waals surface area contributed by atoms with Crippen LogP contribution in [0.4, 0.5) is 0 Å². The number of ether oxygens (including phenoxy) is 2. The zero-order valence-electron chi connectivity index (χ0n) is 16.1. The standard InChI is InChI=1S/C22H25N3O2/c1-16(2)27-21-12-8-17(22(15-21)26-4)7-9-18-14-19(24-23-18)10-11-20-6-5-13-25(20)3/h5-16H,1-4H3,(H,23,24)/b9-7+,11-10+. The number of H-pyrrole nitrogens is 1. The number of nitrogens with one attached hydrogen (secondary N) is 1. The third kappa shape index (κ3) is 4.91. The van der Waals surface area contributed by atoms with E-state index in [2.05, 4.69) is 26.9 Å². The summed E-state index contributed by atoms with van der Waals surface area (Å²) in [5.41, 5.74) is 3.90. The Kier molecular flexibility index (Phi) is 5.81. The van der Waals surface area contributed by atoms with Gasteiger partial charge in [-0.2, -0.15) is 5.10 Å². The Bertz CT molecular complexity index is 948. The number of hydrogen-bond donors (Lipinski definition) is 1. The molecule has 140 valence electrons. The van der Waals surface area contributed by atoms with Crippen molar-refractivity contribution < 1.29 is 9.47 Å². The fourth-order valence-electron chi connectivity index (χ4n) is 2.70. The van der Waals surface area contributed by atoms with Gasteiger partial charge in [0.15, 0.2) is 0 Å². The molecule has 0 radical (unpaired) electrons. The molecule has 0 spiro atoms. The summed E-state index contributed by atoms with van der Waals surface area (Å²) in [5, 5.41) is 7.37. The summed E-state index contributed by atoms with van der Waals surface area (Å²) in [6.45, 7) is 4.00. The summed E-state index contributed by atoms with van der Waals surface area (Å²) < 4.78 is 13.3. The minimum atomic E-state index is 0.127. The predicted octanol–water partition coefficient (Wildman–Crippen LogP) is 4.88. The number of aromatic nitrogens is 3. The van der Waals surface area contributed by atoms with Crippen molar-refractivity contribution in [1.29, 1.82) is 0 Å². The maximum atomic E-state index is 5.71. The number of hydrogen-bond acceptors (Lipinski definition) is 3. The van der Waals surface area contributed by atoms with Gasteiger partial charge >= 0.3 is 0 Å². The molecule has 0 aliphatic carbocycles. The Hall–Kier alpha value is -3.21. The summed E-state index contributed by atoms with van der Waals surface area (Å²) in [6.07, 6.45) is 10.2. The third-order valence-electron chi connectivity index (χ3n) is 4.05. The highest BCUT2D eigenvalue weighted by Gasteiger charge is 2.05. The molecule has 2 aromatic heterocycles. The third-order valence-corrected chi connectivity index (χ3v) is 4.05. The predicted molar refractivity (Wildman–Crippen MR) is 111 cm³/mol. The Morgan fingerprint density at radius 1 is 1.07 bits per heavy atom. The van der Waals surface area contributed by atoms with E-state index in [4.69, 9.17) is 9.47 Å². The number of benzene rings is 1. The highest BCUT2D eigenvalue weighted by atomic mass is 16.5. The molecule has 0 saturated carbocycles. The van der Waals surface area contributed by atoms with Crippen molar-refractivity contribution in [3.05, 3.63) is 65.2 Å². The first-order valence-electron chi connectivity index (χ1n) is 8.93. The van der Waals surface area contributed by atoms with Crippen molar-refractivity contribution in [2.45, 2.75) is 20.0 Å². The van der Waals surface area contributed by atoms with Gasteiger partial charge in [0.05, 0.1) is 24.6 Å². The monoisotopic (exact) mass is 363 g/mol. The second-order valence-electron chi connectivity index (χ2n) is 6.53. The van der Waals surface area contributed by atoms with E-state index in [9.17, 15) is 0 Å². The molecule has 0 saturated heterocycles. The molecule has 0 amide bonds. The second-order valence-corrected chi connectivity index (χ2v) is 6.53. The van der Waals surface area contributed by atoms with Crippen molar-refractivity contribution in [3.63, 3.8) is 0 Å². The second kappa shape index (κ2) is 8.45. The van der Waals surface area contributed by atoms with Gasteiger partial charge in [0.25, 0.3) is 0 Å². The highest BCUT2D eigenvalue weighted by molar-refractivity contribution is 5.73. The van der Waals surface area contributed by atoms with Crippen molar-refractivity contribution >= 4 is 24.3 Å². The molecule has 0 bridgehead atoms. The molecule has 3 aromatic rings. The fraction of sp³-hybridized carbons (Fsp3) is 0.227. The lowest BCUT2D eigenvalue weighted by Gasteiger charge is -2.12. The van der Waals surface area contributed by atoms with Crippen LogP contribution < -0.4 is 9.47 Å². The van der Waals surface area contributed by atoms with Gasteiger partial charge in [0.1, 0.15) is 11.5 Å². The molecule has 5 heteroatoms. The first-order chi connectivity index (χ1) is 13.0. The molecule has 1 aromatic carbocycles. The minimum absolute atomic E-state index is 0.127. The van der Waals surface area contributed by atoms with Crippen LogP contribution in [0.15, 0.2) is 42.6 Å². The van der Waals surface area contributed by atoms with Gasteiger partial charge in [-0.3, -0.25) is 5.10 Å². The van der Waals surface area contributed by atoms with E-state index in [0.717, 1.165) is 34.1 Å². The number of aryl methyl sites for hydroxylation is 1. The molecular formula is C22H25N3O2. The van der Waals surface area contributed by atoms with Crippen LogP contribution in [0.1, 0.15) is 36.5 Å². The van der Waals surface area contributed by atoms with Gasteiger partial charge < -0.3 is 14.0 Å². The number of methoxy groups -OCH3 is 1. The summed E-state index contributed by atoms with van der Waals surface area (Å²) >= 11 is 0. The van der Waals surface area contributed by atoms with Crippen LogP contribution in [0.2, 0.25) is 0 Å². The van der Waals surface area contributed by atoms with Gasteiger partial charge in [-0.25, -0.2) is 0 Å². The molecule has 0 aliphatic rings. The van der Waals surface area contributed by atoms with E-state index in [1.54, 1.807) is 7.11 Å². The lowest BCUT2D eigenvalue weighted by atomic mass is 10.1. The van der Waals surface area contributed by atoms with Gasteiger partial charge in [-0.05, 0) is 68.5 Å². The summed E-state index contributed by atoms with van der Waals surface area (Å²) in [7, 11) is 3.68. The van der Waals surface area contributed by atoms with E-state index in [0.29, 0.717) is 0 Å². The molecule has 1 N–H and O–H groups in total. The zero-order valence-corrected chi connectivity index (χ0v) is 16.1. The van der Waals surface area contributed by atoms with Crippen LogP contribution in [0.3, 0.4) is 0 Å². The van der Waals surface area contributed by atoms with E-state index in [1.165, 1.54) is 0 Å². The van der Waals surface area contributed by atoms with Crippen molar-refractivity contribution in [2.75, 3.05) is 7.11 Å². The lowest BCUT2D eigenvalue weighted by molar-refractivity contribution is 0.241. The zero-order chi connectivity index (χ0) is 19.2. The average Bonchev–Trinajstić information content (AvgIpc) is 3.27. The van der Waals surface area contributed by atoms with Crippen molar-refractivity contribution in [2.24, 2.45) is 7.05 Å². The van der Waals surface area contributed by atoms with E-state index < -0.39 is 0 Å². The quantitative estimate of drug-likeness (QED) is 0.650. The van der Waals surface area contributed by atoms with Crippen molar-refractivity contribution in [1.82, 2.24) is 14.8 Å². The van der Waals surface area contributed by atoms with Crippen LogP contribution in [0.5, 0.6) is 11.5 Å². The van der Waals surface area contributed by atoms with Crippen LogP contribution >= 0.6 is 0 Å². The molecule has 0 unspecified atom stereocenters. The molecule has 0 aliphatic heterocycles. The minimum Gasteiger partial charge on any atom is -0.496 e. The van der Waals surface area contributed by atoms with Crippen LogP contribution in [0, 0.1) is 0 Å². The van der Waals surface area contributed by atoms with Gasteiger partial charge in [0.2, 0.25) is 0 Å². The van der Waals surface area contributed by atoms with E-state index in [1.807, 2.05) is 75.7 Å². The fourth-order valence-corrected chi connectivity index (χ4v) is 2.70. The average molecular weight is 363 g/mol. The number of rotatable bonds is 7.